The summed E-state index contributed by atoms with van der Waals surface area (Å²) in [6, 6.07) is 1.72. The Morgan fingerprint density at radius 3 is 2.60 bits per heavy atom. The molecule has 4 aliphatic rings. The van der Waals surface area contributed by atoms with E-state index in [1.165, 1.54) is 25.8 Å². The van der Waals surface area contributed by atoms with Crippen LogP contribution >= 0.6 is 11.3 Å². The predicted octanol–water partition coefficient (Wildman–Crippen LogP) is 7.37. The molecule has 8 rings (SSSR count). The van der Waals surface area contributed by atoms with Crippen molar-refractivity contribution >= 4 is 49.0 Å². The van der Waals surface area contributed by atoms with Gasteiger partial charge < -0.3 is 25.8 Å². The van der Waals surface area contributed by atoms with Crippen molar-refractivity contribution in [2.24, 2.45) is 10.7 Å². The highest BCUT2D eigenvalue weighted by atomic mass is 32.1. The maximum Gasteiger partial charge on any atom is 0.420 e. The number of aliphatic imine (C=N–C) groups is 1. The summed E-state index contributed by atoms with van der Waals surface area (Å²) < 4.78 is 130. The van der Waals surface area contributed by atoms with Crippen molar-refractivity contribution in [3.63, 3.8) is 0 Å². The van der Waals surface area contributed by atoms with Crippen LogP contribution in [-0.4, -0.2) is 84.8 Å². The van der Waals surface area contributed by atoms with Crippen LogP contribution in [0.2, 0.25) is 0 Å². The minimum Gasteiger partial charge on any atom is -0.490 e. The average Bonchev–Trinajstić information content (AvgIpc) is 3.78. The molecule has 3 unspecified atom stereocenters. The smallest absolute Gasteiger partial charge is 0.420 e. The van der Waals surface area contributed by atoms with Crippen molar-refractivity contribution in [2.75, 3.05) is 50.0 Å². The van der Waals surface area contributed by atoms with Gasteiger partial charge in [0.1, 0.15) is 64.2 Å². The summed E-state index contributed by atoms with van der Waals surface area (Å²) in [6.45, 7) is 2.58. The second kappa shape index (κ2) is 14.9. The monoisotopic (exact) mass is 794 g/mol. The summed E-state index contributed by atoms with van der Waals surface area (Å²) in [5.74, 6) is -4.08. The standard InChI is InChI=1S/C29H22F7N7O2S.C7H12FN/c1-2-44-28-41-20-17-22(45-9-8-43(27(17)42-28)21(24(32)33)12-4-3-7-40-25(12)38)18(29(34,35)36)16(19(20)31)11-5-6-14(30)23-15(11)13(10-37)26(39)46-23;8-6-4-7-2-1-3-9(7)5-6/h4-6,21,24H,2-3,7-9,39H2,1H3,(H2,38,40);6-7H,1-5H2. The molecule has 0 spiro atoms. The summed E-state index contributed by atoms with van der Waals surface area (Å²) in [5.41, 5.74) is 7.45. The molecule has 292 valence electrons. The van der Waals surface area contributed by atoms with Gasteiger partial charge in [-0.15, -0.1) is 11.3 Å². The second-order valence-corrected chi connectivity index (χ2v) is 14.3. The summed E-state index contributed by atoms with van der Waals surface area (Å²) in [7, 11) is 0. The van der Waals surface area contributed by atoms with Gasteiger partial charge in [-0.25, -0.2) is 22.0 Å². The van der Waals surface area contributed by atoms with E-state index in [9.17, 15) is 22.8 Å². The van der Waals surface area contributed by atoms with Crippen LogP contribution in [0, 0.1) is 23.0 Å². The van der Waals surface area contributed by atoms with Crippen molar-refractivity contribution in [3.05, 3.63) is 46.5 Å². The molecule has 4 aromatic rings. The van der Waals surface area contributed by atoms with Crippen molar-refractivity contribution in [3.8, 4) is 29.0 Å². The van der Waals surface area contributed by atoms with Gasteiger partial charge >= 0.3 is 12.2 Å². The van der Waals surface area contributed by atoms with E-state index in [4.69, 9.17) is 20.9 Å². The zero-order valence-electron chi connectivity index (χ0n) is 29.2. The molecule has 4 N–H and O–H groups in total. The number of amidine groups is 1. The molecular weight excluding hydrogens is 761 g/mol. The van der Waals surface area contributed by atoms with Crippen LogP contribution < -0.4 is 25.8 Å². The number of alkyl halides is 6. The van der Waals surface area contributed by atoms with Crippen molar-refractivity contribution in [2.45, 2.75) is 63.5 Å². The third-order valence-corrected chi connectivity index (χ3v) is 11.1. The van der Waals surface area contributed by atoms with Crippen LogP contribution in [0.15, 0.2) is 28.8 Å². The Morgan fingerprint density at radius 1 is 1.15 bits per heavy atom. The summed E-state index contributed by atoms with van der Waals surface area (Å²) in [4.78, 5) is 15.5. The number of anilines is 2. The first-order valence-corrected chi connectivity index (χ1v) is 18.3. The van der Waals surface area contributed by atoms with E-state index in [0.29, 0.717) is 23.9 Å². The molecule has 4 aliphatic heterocycles. The van der Waals surface area contributed by atoms with Gasteiger partial charge in [-0.2, -0.15) is 28.4 Å². The first kappa shape index (κ1) is 38.3. The van der Waals surface area contributed by atoms with Crippen LogP contribution in [0.5, 0.6) is 11.8 Å². The zero-order valence-corrected chi connectivity index (χ0v) is 30.0. The molecule has 55 heavy (non-hydrogen) atoms. The van der Waals surface area contributed by atoms with Gasteiger partial charge in [-0.3, -0.25) is 9.89 Å². The van der Waals surface area contributed by atoms with E-state index in [-0.39, 0.29) is 51.6 Å². The number of benzene rings is 2. The zero-order chi connectivity index (χ0) is 39.3. The lowest BCUT2D eigenvalue weighted by Gasteiger charge is -2.34. The highest BCUT2D eigenvalue weighted by Crippen LogP contribution is 2.53. The number of nitriles is 1. The number of thiophene rings is 1. The summed E-state index contributed by atoms with van der Waals surface area (Å²) in [6.07, 6.45) is -3.92. The molecule has 0 radical (unpaired) electrons. The molecule has 10 nitrogen and oxygen atoms in total. The molecule has 0 amide bonds. The Kier molecular flexibility index (Phi) is 10.4. The SMILES string of the molecule is CCOc1nc2c3c(c(C(F)(F)F)c(-c4ccc(F)c5sc(N)c(C#N)c45)c(F)c3n1)OCCN2C(C1=CCCN=C1N)C(F)F.FC1CC2CCCN2C1. The largest absolute Gasteiger partial charge is 0.490 e. The lowest BCUT2D eigenvalue weighted by molar-refractivity contribution is -0.138. The van der Waals surface area contributed by atoms with E-state index in [2.05, 4.69) is 19.9 Å². The number of fused-ring (bicyclic) bond motifs is 2. The van der Waals surface area contributed by atoms with Gasteiger partial charge in [0, 0.05) is 35.7 Å². The van der Waals surface area contributed by atoms with Crippen LogP contribution in [-0.2, 0) is 6.18 Å². The van der Waals surface area contributed by atoms with Gasteiger partial charge in [0.25, 0.3) is 6.43 Å². The van der Waals surface area contributed by atoms with Gasteiger partial charge in [0.2, 0.25) is 0 Å². The second-order valence-electron chi connectivity index (χ2n) is 13.3. The Bertz CT molecular complexity index is 2240. The lowest BCUT2D eigenvalue weighted by Crippen LogP contribution is -2.47. The van der Waals surface area contributed by atoms with Crippen LogP contribution in [0.1, 0.15) is 43.7 Å². The Labute approximate surface area is 313 Å². The maximum absolute atomic E-state index is 16.9. The Morgan fingerprint density at radius 2 is 1.93 bits per heavy atom. The van der Waals surface area contributed by atoms with Gasteiger partial charge in [0.15, 0.2) is 5.82 Å². The molecule has 0 saturated carbocycles. The lowest BCUT2D eigenvalue weighted by atomic mass is 9.91. The fraction of sp³-hybridized carbons (Fsp3) is 0.444. The van der Waals surface area contributed by atoms with Gasteiger partial charge in [0.05, 0.1) is 28.8 Å². The number of nitrogen functional groups attached to an aromatic ring is 1. The third kappa shape index (κ3) is 6.83. The number of aromatic nitrogens is 2. The van der Waals surface area contributed by atoms with Crippen molar-refractivity contribution in [1.29, 1.82) is 5.26 Å². The number of nitrogens with zero attached hydrogens (tertiary/aromatic N) is 6. The molecular formula is C36H34F8N8O2S. The molecule has 2 saturated heterocycles. The number of ether oxygens (including phenoxy) is 2. The number of hydrogen-bond donors (Lipinski definition) is 2. The summed E-state index contributed by atoms with van der Waals surface area (Å²) in [5, 5.41) is 8.58. The number of dihydropyridines is 1. The Balaban J connectivity index is 0.000000449. The molecule has 3 atom stereocenters. The van der Waals surface area contributed by atoms with Crippen LogP contribution in [0.3, 0.4) is 0 Å². The highest BCUT2D eigenvalue weighted by molar-refractivity contribution is 7.23. The normalized spacial score (nSPS) is 20.3. The topological polar surface area (TPSA) is 139 Å². The van der Waals surface area contributed by atoms with Gasteiger partial charge in [-0.1, -0.05) is 12.1 Å². The van der Waals surface area contributed by atoms with Crippen molar-refractivity contribution in [1.82, 2.24) is 14.9 Å². The number of hydrogen-bond acceptors (Lipinski definition) is 11. The molecule has 19 heteroatoms. The van der Waals surface area contributed by atoms with E-state index < -0.39 is 94.8 Å². The first-order valence-electron chi connectivity index (χ1n) is 17.5. The summed E-state index contributed by atoms with van der Waals surface area (Å²) >= 11 is 0.614. The Hall–Kier alpha value is -4.96. The predicted molar refractivity (Wildman–Crippen MR) is 192 cm³/mol. The van der Waals surface area contributed by atoms with E-state index in [1.54, 1.807) is 6.07 Å². The first-order chi connectivity index (χ1) is 26.2. The number of halogens is 8. The maximum atomic E-state index is 16.9. The van der Waals surface area contributed by atoms with Gasteiger partial charge in [-0.05, 0) is 50.8 Å². The minimum absolute atomic E-state index is 0.0647. The molecule has 6 heterocycles. The fourth-order valence-corrected chi connectivity index (χ4v) is 8.75. The molecule has 2 aromatic heterocycles. The molecule has 2 fully saturated rings. The third-order valence-electron chi connectivity index (χ3n) is 10.0. The molecule has 2 aromatic carbocycles. The molecule has 0 bridgehead atoms. The fourth-order valence-electron chi connectivity index (χ4n) is 7.80. The van der Waals surface area contributed by atoms with E-state index in [1.807, 2.05) is 0 Å². The van der Waals surface area contributed by atoms with Crippen molar-refractivity contribution < 1.29 is 44.6 Å². The number of rotatable bonds is 6. The number of nitrogens with two attached hydrogens (primary N) is 2. The van der Waals surface area contributed by atoms with E-state index >= 15 is 17.6 Å². The molecule has 0 aliphatic carbocycles. The minimum atomic E-state index is -5.33. The quantitative estimate of drug-likeness (QED) is 0.192. The van der Waals surface area contributed by atoms with E-state index in [0.717, 1.165) is 30.0 Å². The highest BCUT2D eigenvalue weighted by Gasteiger charge is 2.45. The van der Waals surface area contributed by atoms with Crippen LogP contribution in [0.25, 0.3) is 32.1 Å². The average molecular weight is 795 g/mol. The van der Waals surface area contributed by atoms with Crippen LogP contribution in [0.4, 0.5) is 45.9 Å².